The standard InChI is InChI=1S/C16H18N4O2/c1-11(16(22)19-9-12-5-3-2-4-6-12)20-14-7-8-18-10-13(14)15(17)21/h2-8,10-11H,9H2,1H3,(H2,17,21)(H,18,20)(H,19,22). The number of nitrogens with two attached hydrogens (primary N) is 1. The number of nitrogens with one attached hydrogen (secondary N) is 2. The van der Waals surface area contributed by atoms with Crippen molar-refractivity contribution in [3.63, 3.8) is 0 Å². The van der Waals surface area contributed by atoms with Crippen LogP contribution in [0.15, 0.2) is 48.8 Å². The molecule has 0 radical (unpaired) electrons. The Labute approximate surface area is 128 Å². The van der Waals surface area contributed by atoms with Crippen molar-refractivity contribution in [2.45, 2.75) is 19.5 Å². The topological polar surface area (TPSA) is 97.1 Å². The highest BCUT2D eigenvalue weighted by atomic mass is 16.2. The van der Waals surface area contributed by atoms with Crippen LogP contribution in [0.1, 0.15) is 22.8 Å². The van der Waals surface area contributed by atoms with Gasteiger partial charge in [-0.15, -0.1) is 0 Å². The molecule has 1 heterocycles. The van der Waals surface area contributed by atoms with Gasteiger partial charge in [0, 0.05) is 18.9 Å². The highest BCUT2D eigenvalue weighted by molar-refractivity contribution is 5.98. The quantitative estimate of drug-likeness (QED) is 0.748. The lowest BCUT2D eigenvalue weighted by molar-refractivity contribution is -0.121. The lowest BCUT2D eigenvalue weighted by atomic mass is 10.2. The van der Waals surface area contributed by atoms with Gasteiger partial charge < -0.3 is 16.4 Å². The van der Waals surface area contributed by atoms with E-state index in [0.29, 0.717) is 12.2 Å². The van der Waals surface area contributed by atoms with Crippen LogP contribution in [0.25, 0.3) is 0 Å². The van der Waals surface area contributed by atoms with E-state index in [0.717, 1.165) is 5.56 Å². The number of pyridine rings is 1. The van der Waals surface area contributed by atoms with Crippen molar-refractivity contribution in [3.05, 3.63) is 59.9 Å². The number of rotatable bonds is 6. The van der Waals surface area contributed by atoms with Crippen LogP contribution in [-0.4, -0.2) is 22.8 Å². The van der Waals surface area contributed by atoms with Crippen LogP contribution in [0, 0.1) is 0 Å². The summed E-state index contributed by atoms with van der Waals surface area (Å²) < 4.78 is 0. The molecule has 1 atom stereocenters. The molecular weight excluding hydrogens is 280 g/mol. The van der Waals surface area contributed by atoms with Crippen molar-refractivity contribution in [3.8, 4) is 0 Å². The zero-order valence-corrected chi connectivity index (χ0v) is 12.2. The molecule has 0 aliphatic heterocycles. The summed E-state index contributed by atoms with van der Waals surface area (Å²) >= 11 is 0. The van der Waals surface area contributed by atoms with Crippen molar-refractivity contribution in [2.75, 3.05) is 5.32 Å². The van der Waals surface area contributed by atoms with Crippen molar-refractivity contribution >= 4 is 17.5 Å². The number of primary amides is 1. The van der Waals surface area contributed by atoms with E-state index in [1.54, 1.807) is 13.0 Å². The summed E-state index contributed by atoms with van der Waals surface area (Å²) in [5, 5.41) is 5.81. The smallest absolute Gasteiger partial charge is 0.252 e. The third-order valence-corrected chi connectivity index (χ3v) is 3.16. The molecule has 0 aliphatic rings. The Morgan fingerprint density at radius 3 is 2.64 bits per heavy atom. The van der Waals surface area contributed by atoms with Gasteiger partial charge in [0.1, 0.15) is 6.04 Å². The molecule has 2 rings (SSSR count). The van der Waals surface area contributed by atoms with E-state index in [4.69, 9.17) is 5.73 Å². The van der Waals surface area contributed by atoms with Crippen LogP contribution in [0.3, 0.4) is 0 Å². The molecule has 0 spiro atoms. The predicted molar refractivity (Wildman–Crippen MR) is 84.1 cm³/mol. The molecular formula is C16H18N4O2. The van der Waals surface area contributed by atoms with E-state index >= 15 is 0 Å². The molecule has 0 saturated carbocycles. The Bertz CT molecular complexity index is 658. The van der Waals surface area contributed by atoms with Gasteiger partial charge in [0.05, 0.1) is 11.3 Å². The Morgan fingerprint density at radius 1 is 1.23 bits per heavy atom. The Hall–Kier alpha value is -2.89. The number of carbonyl (C=O) groups is 2. The minimum absolute atomic E-state index is 0.170. The van der Waals surface area contributed by atoms with Crippen molar-refractivity contribution in [2.24, 2.45) is 5.73 Å². The molecule has 2 amide bonds. The van der Waals surface area contributed by atoms with Gasteiger partial charge in [-0.3, -0.25) is 14.6 Å². The fourth-order valence-electron chi connectivity index (χ4n) is 1.95. The zero-order chi connectivity index (χ0) is 15.9. The maximum atomic E-state index is 12.1. The van der Waals surface area contributed by atoms with Gasteiger partial charge in [0.25, 0.3) is 5.91 Å². The lowest BCUT2D eigenvalue weighted by Gasteiger charge is -2.16. The second-order valence-electron chi connectivity index (χ2n) is 4.85. The highest BCUT2D eigenvalue weighted by Crippen LogP contribution is 2.14. The Balaban J connectivity index is 1.96. The second kappa shape index (κ2) is 7.21. The molecule has 6 nitrogen and oxygen atoms in total. The Kier molecular flexibility index (Phi) is 5.08. The molecule has 0 bridgehead atoms. The number of anilines is 1. The predicted octanol–water partition coefficient (Wildman–Crippen LogP) is 1.30. The molecule has 1 aromatic heterocycles. The molecule has 0 fully saturated rings. The van der Waals surface area contributed by atoms with Crippen LogP contribution in [0.5, 0.6) is 0 Å². The lowest BCUT2D eigenvalue weighted by Crippen LogP contribution is -2.37. The SMILES string of the molecule is CC(Nc1ccncc1C(N)=O)C(=O)NCc1ccccc1. The summed E-state index contributed by atoms with van der Waals surface area (Å²) in [7, 11) is 0. The summed E-state index contributed by atoms with van der Waals surface area (Å²) in [6, 6.07) is 10.7. The summed E-state index contributed by atoms with van der Waals surface area (Å²) in [6.45, 7) is 2.16. The number of hydrogen-bond donors (Lipinski definition) is 3. The first kappa shape index (κ1) is 15.5. The minimum atomic E-state index is -0.590. The molecule has 2 aromatic rings. The minimum Gasteiger partial charge on any atom is -0.373 e. The van der Waals surface area contributed by atoms with Crippen molar-refractivity contribution in [1.29, 1.82) is 0 Å². The molecule has 114 valence electrons. The third kappa shape index (κ3) is 4.05. The highest BCUT2D eigenvalue weighted by Gasteiger charge is 2.15. The summed E-state index contributed by atoms with van der Waals surface area (Å²) in [6.07, 6.45) is 2.91. The molecule has 1 unspecified atom stereocenters. The Morgan fingerprint density at radius 2 is 1.95 bits per heavy atom. The van der Waals surface area contributed by atoms with Crippen LogP contribution < -0.4 is 16.4 Å². The largest absolute Gasteiger partial charge is 0.373 e. The van der Waals surface area contributed by atoms with Gasteiger partial charge in [0.15, 0.2) is 0 Å². The molecule has 0 saturated heterocycles. The maximum absolute atomic E-state index is 12.1. The first-order valence-corrected chi connectivity index (χ1v) is 6.90. The van der Waals surface area contributed by atoms with E-state index in [-0.39, 0.29) is 11.5 Å². The van der Waals surface area contributed by atoms with E-state index in [2.05, 4.69) is 15.6 Å². The van der Waals surface area contributed by atoms with E-state index in [9.17, 15) is 9.59 Å². The number of nitrogens with zero attached hydrogens (tertiary/aromatic N) is 1. The fraction of sp³-hybridized carbons (Fsp3) is 0.188. The number of aromatic nitrogens is 1. The average molecular weight is 298 g/mol. The fourth-order valence-corrected chi connectivity index (χ4v) is 1.95. The maximum Gasteiger partial charge on any atom is 0.252 e. The van der Waals surface area contributed by atoms with Gasteiger partial charge in [-0.1, -0.05) is 30.3 Å². The number of benzene rings is 1. The van der Waals surface area contributed by atoms with Crippen molar-refractivity contribution < 1.29 is 9.59 Å². The first-order chi connectivity index (χ1) is 10.6. The monoisotopic (exact) mass is 298 g/mol. The van der Waals surface area contributed by atoms with Gasteiger partial charge in [-0.25, -0.2) is 0 Å². The number of hydrogen-bond acceptors (Lipinski definition) is 4. The van der Waals surface area contributed by atoms with Crippen LogP contribution >= 0.6 is 0 Å². The summed E-state index contributed by atoms with van der Waals surface area (Å²) in [5.41, 5.74) is 7.05. The van der Waals surface area contributed by atoms with Crippen molar-refractivity contribution in [1.82, 2.24) is 10.3 Å². The van der Waals surface area contributed by atoms with E-state index in [1.807, 2.05) is 30.3 Å². The molecule has 4 N–H and O–H groups in total. The van der Waals surface area contributed by atoms with Crippen LogP contribution in [-0.2, 0) is 11.3 Å². The second-order valence-corrected chi connectivity index (χ2v) is 4.85. The zero-order valence-electron chi connectivity index (χ0n) is 12.2. The van der Waals surface area contributed by atoms with Gasteiger partial charge >= 0.3 is 0 Å². The summed E-state index contributed by atoms with van der Waals surface area (Å²) in [4.78, 5) is 27.3. The molecule has 6 heteroatoms. The average Bonchev–Trinajstić information content (AvgIpc) is 2.53. The summed E-state index contributed by atoms with van der Waals surface area (Å²) in [5.74, 6) is -0.761. The van der Waals surface area contributed by atoms with E-state index in [1.165, 1.54) is 12.4 Å². The van der Waals surface area contributed by atoms with Gasteiger partial charge in [-0.05, 0) is 18.6 Å². The van der Waals surface area contributed by atoms with E-state index < -0.39 is 11.9 Å². The molecule has 0 aliphatic carbocycles. The van der Waals surface area contributed by atoms with Gasteiger partial charge in [0.2, 0.25) is 5.91 Å². The normalized spacial score (nSPS) is 11.5. The van der Waals surface area contributed by atoms with Crippen LogP contribution in [0.4, 0.5) is 5.69 Å². The number of amides is 2. The van der Waals surface area contributed by atoms with Crippen LogP contribution in [0.2, 0.25) is 0 Å². The molecule has 22 heavy (non-hydrogen) atoms. The van der Waals surface area contributed by atoms with Gasteiger partial charge in [-0.2, -0.15) is 0 Å². The number of carbonyl (C=O) groups excluding carboxylic acids is 2. The molecule has 1 aromatic carbocycles. The first-order valence-electron chi connectivity index (χ1n) is 6.90. The third-order valence-electron chi connectivity index (χ3n) is 3.16.